The van der Waals surface area contributed by atoms with Gasteiger partial charge in [0.15, 0.2) is 0 Å². The molecule has 0 radical (unpaired) electrons. The maximum atomic E-state index is 6.30. The third kappa shape index (κ3) is 5.88. The standard InChI is InChI=1S/C63H43NO/c1-2-15-43(16-3-1)49-18-5-6-19-51(49)54-21-8-12-26-59(54)64(48-36-31-44(32-37-48)50-23-14-28-61-62(50)55-22-9-13-27-60(55)65-61)47-34-29-42(30-35-47)46-33-38-53-52-20-7-11-25-57(52)63(58(53)41-46)40-39-45-17-4-10-24-56(45)63/h1-38,41H,39-40H2. The van der Waals surface area contributed by atoms with Gasteiger partial charge in [-0.1, -0.05) is 188 Å². The van der Waals surface area contributed by atoms with E-state index >= 15 is 0 Å². The Hall–Kier alpha value is -8.20. The van der Waals surface area contributed by atoms with Gasteiger partial charge in [0.1, 0.15) is 11.2 Å². The van der Waals surface area contributed by atoms with Crippen LogP contribution in [0.4, 0.5) is 17.1 Å². The van der Waals surface area contributed by atoms with E-state index in [1.165, 1.54) is 61.2 Å². The lowest BCUT2D eigenvalue weighted by Crippen LogP contribution is -2.23. The Kier molecular flexibility index (Phi) is 8.60. The molecule has 1 aromatic heterocycles. The first-order valence-corrected chi connectivity index (χ1v) is 22.7. The molecule has 0 saturated heterocycles. The number of rotatable bonds is 7. The van der Waals surface area contributed by atoms with Gasteiger partial charge in [-0.05, 0) is 134 Å². The maximum Gasteiger partial charge on any atom is 0.136 e. The average Bonchev–Trinajstić information content (AvgIpc) is 4.05. The molecule has 10 aromatic carbocycles. The van der Waals surface area contributed by atoms with E-state index in [0.717, 1.165) is 68.5 Å². The first-order chi connectivity index (χ1) is 32.2. The van der Waals surface area contributed by atoms with Crippen LogP contribution in [-0.4, -0.2) is 0 Å². The quantitative estimate of drug-likeness (QED) is 0.159. The topological polar surface area (TPSA) is 16.4 Å². The molecule has 0 fully saturated rings. The minimum absolute atomic E-state index is 0.128. The monoisotopic (exact) mass is 829 g/mol. The molecule has 2 aliphatic rings. The highest BCUT2D eigenvalue weighted by molar-refractivity contribution is 6.12. The molecule has 13 rings (SSSR count). The molecule has 65 heavy (non-hydrogen) atoms. The highest BCUT2D eigenvalue weighted by Gasteiger charge is 2.48. The highest BCUT2D eigenvalue weighted by Crippen LogP contribution is 2.59. The van der Waals surface area contributed by atoms with Crippen molar-refractivity contribution < 1.29 is 4.42 Å². The predicted molar refractivity (Wildman–Crippen MR) is 270 cm³/mol. The zero-order valence-corrected chi connectivity index (χ0v) is 35.8. The molecule has 2 aliphatic carbocycles. The summed E-state index contributed by atoms with van der Waals surface area (Å²) in [6, 6.07) is 86.6. The lowest BCUT2D eigenvalue weighted by molar-refractivity contribution is 0.626. The zero-order chi connectivity index (χ0) is 42.9. The lowest BCUT2D eigenvalue weighted by atomic mass is 9.73. The van der Waals surface area contributed by atoms with E-state index < -0.39 is 0 Å². The Morgan fingerprint density at radius 2 is 0.923 bits per heavy atom. The van der Waals surface area contributed by atoms with Gasteiger partial charge >= 0.3 is 0 Å². The number of anilines is 3. The van der Waals surface area contributed by atoms with Gasteiger partial charge in [0, 0.05) is 33.1 Å². The van der Waals surface area contributed by atoms with Crippen LogP contribution in [0.25, 0.3) is 77.6 Å². The Morgan fingerprint density at radius 1 is 0.354 bits per heavy atom. The van der Waals surface area contributed by atoms with Crippen LogP contribution in [0.1, 0.15) is 28.7 Å². The molecular formula is C63H43NO. The van der Waals surface area contributed by atoms with Crippen molar-refractivity contribution in [3.05, 3.63) is 259 Å². The van der Waals surface area contributed by atoms with Crippen molar-refractivity contribution in [3.8, 4) is 55.6 Å². The summed E-state index contributed by atoms with van der Waals surface area (Å²) in [7, 11) is 0. The van der Waals surface area contributed by atoms with E-state index in [4.69, 9.17) is 4.42 Å². The van der Waals surface area contributed by atoms with Gasteiger partial charge in [-0.25, -0.2) is 0 Å². The molecular weight excluding hydrogens is 787 g/mol. The molecule has 11 aromatic rings. The maximum absolute atomic E-state index is 6.30. The molecule has 0 bridgehead atoms. The van der Waals surface area contributed by atoms with Gasteiger partial charge in [-0.3, -0.25) is 0 Å². The first kappa shape index (κ1) is 37.4. The lowest BCUT2D eigenvalue weighted by Gasteiger charge is -2.29. The van der Waals surface area contributed by atoms with E-state index in [-0.39, 0.29) is 5.41 Å². The molecule has 306 valence electrons. The molecule has 0 saturated carbocycles. The van der Waals surface area contributed by atoms with Gasteiger partial charge < -0.3 is 9.32 Å². The summed E-state index contributed by atoms with van der Waals surface area (Å²) in [5.41, 5.74) is 23.0. The molecule has 2 nitrogen and oxygen atoms in total. The molecule has 1 spiro atoms. The van der Waals surface area contributed by atoms with Crippen LogP contribution in [0, 0.1) is 0 Å². The Morgan fingerprint density at radius 3 is 1.74 bits per heavy atom. The number of furan rings is 1. The molecule has 0 N–H and O–H groups in total. The molecule has 0 amide bonds. The van der Waals surface area contributed by atoms with E-state index in [1.54, 1.807) is 0 Å². The van der Waals surface area contributed by atoms with E-state index in [9.17, 15) is 0 Å². The third-order valence-corrected chi connectivity index (χ3v) is 14.1. The smallest absolute Gasteiger partial charge is 0.136 e. The van der Waals surface area contributed by atoms with Crippen molar-refractivity contribution in [2.24, 2.45) is 0 Å². The summed E-state index contributed by atoms with van der Waals surface area (Å²) >= 11 is 0. The van der Waals surface area contributed by atoms with Crippen molar-refractivity contribution in [1.29, 1.82) is 0 Å². The molecule has 1 atom stereocenters. The number of hydrogen-bond acceptors (Lipinski definition) is 2. The SMILES string of the molecule is c1ccc(-c2ccccc2-c2ccccc2N(c2ccc(-c3ccc4c(c3)C3(CCc5ccccc53)c3ccccc3-4)cc2)c2ccc(-c3cccc4oc5ccccc5c34)cc2)cc1. The molecule has 0 aliphatic heterocycles. The third-order valence-electron chi connectivity index (χ3n) is 14.1. The van der Waals surface area contributed by atoms with Gasteiger partial charge in [0.05, 0.1) is 5.69 Å². The molecule has 1 unspecified atom stereocenters. The van der Waals surface area contributed by atoms with E-state index in [0.29, 0.717) is 0 Å². The van der Waals surface area contributed by atoms with Crippen LogP contribution in [0.5, 0.6) is 0 Å². The fourth-order valence-electron chi connectivity index (χ4n) is 11.2. The van der Waals surface area contributed by atoms with Crippen molar-refractivity contribution in [2.75, 3.05) is 4.90 Å². The second-order valence-electron chi connectivity index (χ2n) is 17.5. The average molecular weight is 830 g/mol. The van der Waals surface area contributed by atoms with E-state index in [2.05, 4.69) is 229 Å². The van der Waals surface area contributed by atoms with Gasteiger partial charge in [0.25, 0.3) is 0 Å². The summed E-state index contributed by atoms with van der Waals surface area (Å²) in [5.74, 6) is 0. The van der Waals surface area contributed by atoms with Crippen molar-refractivity contribution >= 4 is 39.0 Å². The largest absolute Gasteiger partial charge is 0.456 e. The normalized spacial score (nSPS) is 14.7. The summed E-state index contributed by atoms with van der Waals surface area (Å²) in [6.45, 7) is 0. The van der Waals surface area contributed by atoms with Crippen molar-refractivity contribution in [3.63, 3.8) is 0 Å². The Bertz CT molecular complexity index is 3600. The van der Waals surface area contributed by atoms with Crippen LogP contribution in [0.2, 0.25) is 0 Å². The first-order valence-electron chi connectivity index (χ1n) is 22.7. The summed E-state index contributed by atoms with van der Waals surface area (Å²) < 4.78 is 6.30. The number of fused-ring (bicyclic) bond motifs is 10. The zero-order valence-electron chi connectivity index (χ0n) is 35.8. The number of aryl methyl sites for hydroxylation is 1. The van der Waals surface area contributed by atoms with Crippen LogP contribution >= 0.6 is 0 Å². The fourth-order valence-corrected chi connectivity index (χ4v) is 11.2. The molecule has 2 heteroatoms. The second-order valence-corrected chi connectivity index (χ2v) is 17.5. The summed E-state index contributed by atoms with van der Waals surface area (Å²) in [6.07, 6.45) is 2.18. The number of hydrogen-bond donors (Lipinski definition) is 0. The van der Waals surface area contributed by atoms with Crippen LogP contribution in [0.15, 0.2) is 241 Å². The Labute approximate surface area is 379 Å². The van der Waals surface area contributed by atoms with Crippen molar-refractivity contribution in [1.82, 2.24) is 0 Å². The highest BCUT2D eigenvalue weighted by atomic mass is 16.3. The summed E-state index contributed by atoms with van der Waals surface area (Å²) in [5, 5.41) is 2.27. The second kappa shape index (κ2) is 15.0. The van der Waals surface area contributed by atoms with Gasteiger partial charge in [-0.2, -0.15) is 0 Å². The van der Waals surface area contributed by atoms with Crippen molar-refractivity contribution in [2.45, 2.75) is 18.3 Å². The predicted octanol–water partition coefficient (Wildman–Crippen LogP) is 17.0. The Balaban J connectivity index is 0.941. The number of nitrogens with zero attached hydrogens (tertiary/aromatic N) is 1. The number of para-hydroxylation sites is 2. The molecule has 1 heterocycles. The minimum Gasteiger partial charge on any atom is -0.456 e. The van der Waals surface area contributed by atoms with Crippen LogP contribution in [0.3, 0.4) is 0 Å². The van der Waals surface area contributed by atoms with Crippen LogP contribution < -0.4 is 4.90 Å². The summed E-state index contributed by atoms with van der Waals surface area (Å²) in [4.78, 5) is 2.42. The minimum atomic E-state index is -0.128. The van der Waals surface area contributed by atoms with E-state index in [1.807, 2.05) is 12.1 Å². The number of benzene rings is 10. The fraction of sp³-hybridized carbons (Fsp3) is 0.0476. The van der Waals surface area contributed by atoms with Gasteiger partial charge in [-0.15, -0.1) is 0 Å². The van der Waals surface area contributed by atoms with Crippen LogP contribution in [-0.2, 0) is 11.8 Å². The van der Waals surface area contributed by atoms with Gasteiger partial charge in [0.2, 0.25) is 0 Å².